The third-order valence-corrected chi connectivity index (χ3v) is 16.4. The van der Waals surface area contributed by atoms with Crippen LogP contribution < -0.4 is 16.4 Å². The molecule has 6 nitrogen and oxygen atoms in total. The number of nitrogen functional groups attached to an aromatic ring is 1. The van der Waals surface area contributed by atoms with E-state index < -0.39 is 25.0 Å². The van der Waals surface area contributed by atoms with E-state index in [0.717, 1.165) is 30.9 Å². The van der Waals surface area contributed by atoms with E-state index in [1.807, 2.05) is 51.7 Å². The summed E-state index contributed by atoms with van der Waals surface area (Å²) in [5.74, 6) is 0. The summed E-state index contributed by atoms with van der Waals surface area (Å²) in [6.45, 7) is 17.8. The summed E-state index contributed by atoms with van der Waals surface area (Å²) in [6.07, 6.45) is 4.77. The fourth-order valence-electron chi connectivity index (χ4n) is 4.55. The molecule has 3 aromatic rings. The minimum Gasteiger partial charge on any atom is -0.420 e. The molecule has 0 spiro atoms. The van der Waals surface area contributed by atoms with Gasteiger partial charge in [0.2, 0.25) is 0 Å². The topological polar surface area (TPSA) is 77.8 Å². The van der Waals surface area contributed by atoms with Crippen LogP contribution in [-0.2, 0) is 19.7 Å². The zero-order valence-electron chi connectivity index (χ0n) is 30.7. The highest BCUT2D eigenvalue weighted by atomic mass is 28.4. The molecule has 0 atom stereocenters. The molecule has 0 bridgehead atoms. The summed E-state index contributed by atoms with van der Waals surface area (Å²) < 4.78 is 16.5. The molecule has 0 aliphatic heterocycles. The second-order valence-electron chi connectivity index (χ2n) is 13.7. The van der Waals surface area contributed by atoms with Crippen LogP contribution in [0.25, 0.3) is 0 Å². The van der Waals surface area contributed by atoms with Crippen molar-refractivity contribution in [3.05, 3.63) is 90.0 Å². The van der Waals surface area contributed by atoms with Gasteiger partial charge in [-0.25, -0.2) is 0 Å². The highest BCUT2D eigenvalue weighted by Crippen LogP contribution is 2.18. The van der Waals surface area contributed by atoms with Gasteiger partial charge in [0.1, 0.15) is 0 Å². The molecule has 0 unspecified atom stereocenters. The Labute approximate surface area is 329 Å². The van der Waals surface area contributed by atoms with Crippen molar-refractivity contribution >= 4 is 42.0 Å². The Bertz CT molecular complexity index is 1190. The van der Waals surface area contributed by atoms with Crippen LogP contribution in [0.2, 0.25) is 57.4 Å². The van der Waals surface area contributed by atoms with Gasteiger partial charge < -0.3 is 29.6 Å². The Morgan fingerprint density at radius 2 is 0.865 bits per heavy atom. The molecule has 0 amide bonds. The van der Waals surface area contributed by atoms with Crippen molar-refractivity contribution in [1.82, 2.24) is 0 Å². The molecule has 0 aliphatic carbocycles. The molecule has 306 valence electrons. The molecule has 4 N–H and O–H groups in total. The number of para-hydroxylation sites is 1. The second kappa shape index (κ2) is 33.2. The Kier molecular flexibility index (Phi) is 39.3. The highest BCUT2D eigenvalue weighted by molar-refractivity contribution is 6.71. The van der Waals surface area contributed by atoms with Crippen LogP contribution in [0.4, 0.5) is 17.1 Å². The predicted molar refractivity (Wildman–Crippen MR) is 251 cm³/mol. The predicted octanol–water partition coefficient (Wildman–Crippen LogP) is 13.9. The zero-order valence-corrected chi connectivity index (χ0v) is 33.7. The lowest BCUT2D eigenvalue weighted by Crippen LogP contribution is -2.28. The summed E-state index contributed by atoms with van der Waals surface area (Å²) in [7, 11) is 1.41. The molecule has 9 heteroatoms. The van der Waals surface area contributed by atoms with E-state index in [2.05, 4.69) is 105 Å². The maximum atomic E-state index is 5.62. The number of rotatable bonds is 17. The van der Waals surface area contributed by atoms with Crippen molar-refractivity contribution in [2.75, 3.05) is 50.8 Å². The lowest BCUT2D eigenvalue weighted by Gasteiger charge is -2.19. The van der Waals surface area contributed by atoms with E-state index in [1.165, 1.54) is 54.2 Å². The Balaban J connectivity index is -0.000000144. The molecule has 0 aromatic heterocycles. The quantitative estimate of drug-likeness (QED) is 0.0719. The SMILES string of the molecule is C.C.C.C.C.C.CO[Si](C)(C)CCCNc1ccc(N)cc1.CO[Si](C)(C)CCCNc1ccccc1.CO[Si](C)(C)CCCc1ccccc1C. The van der Waals surface area contributed by atoms with Gasteiger partial charge in [0.25, 0.3) is 0 Å². The van der Waals surface area contributed by atoms with E-state index in [-0.39, 0.29) is 44.6 Å². The van der Waals surface area contributed by atoms with E-state index in [9.17, 15) is 0 Å². The van der Waals surface area contributed by atoms with Crippen molar-refractivity contribution in [3.8, 4) is 0 Å². The number of hydrogen-bond donors (Lipinski definition) is 3. The Hall–Kier alpha value is -2.41. The van der Waals surface area contributed by atoms with Crippen molar-refractivity contribution in [3.63, 3.8) is 0 Å². The first-order valence-electron chi connectivity index (χ1n) is 16.8. The average molecular weight is 780 g/mol. The number of aryl methyl sites for hydroxylation is 2. The molecule has 3 aromatic carbocycles. The summed E-state index contributed by atoms with van der Waals surface area (Å²) in [5.41, 5.74) is 11.7. The van der Waals surface area contributed by atoms with Crippen molar-refractivity contribution in [2.45, 2.75) is 135 Å². The fraction of sp³-hybridized carbons (Fsp3) is 0.581. The minimum atomic E-state index is -1.38. The van der Waals surface area contributed by atoms with E-state index in [0.29, 0.717) is 0 Å². The summed E-state index contributed by atoms with van der Waals surface area (Å²) in [6, 6.07) is 30.5. The van der Waals surface area contributed by atoms with Gasteiger partial charge in [-0.1, -0.05) is 87.0 Å². The number of nitrogens with two attached hydrogens (primary N) is 1. The van der Waals surface area contributed by atoms with Crippen LogP contribution in [0.1, 0.15) is 74.9 Å². The maximum absolute atomic E-state index is 5.62. The van der Waals surface area contributed by atoms with Gasteiger partial charge in [0.05, 0.1) is 0 Å². The number of nitrogens with one attached hydrogen (secondary N) is 2. The van der Waals surface area contributed by atoms with Crippen LogP contribution in [0.15, 0.2) is 78.9 Å². The maximum Gasteiger partial charge on any atom is 0.186 e. The monoisotopic (exact) mass is 780 g/mol. The fourth-order valence-corrected chi connectivity index (χ4v) is 8.25. The van der Waals surface area contributed by atoms with Crippen LogP contribution >= 0.6 is 0 Å². The Morgan fingerprint density at radius 3 is 1.27 bits per heavy atom. The van der Waals surface area contributed by atoms with E-state index >= 15 is 0 Å². The Morgan fingerprint density at radius 1 is 0.500 bits per heavy atom. The van der Waals surface area contributed by atoms with Crippen LogP contribution in [0, 0.1) is 6.92 Å². The first-order valence-corrected chi connectivity index (χ1v) is 26.2. The lowest BCUT2D eigenvalue weighted by molar-refractivity contribution is 0.402. The first-order chi connectivity index (χ1) is 21.7. The molecular formula is C43H89N3O3Si3. The van der Waals surface area contributed by atoms with Gasteiger partial charge in [-0.15, -0.1) is 0 Å². The second-order valence-corrected chi connectivity index (χ2v) is 27.0. The van der Waals surface area contributed by atoms with Gasteiger partial charge in [0.15, 0.2) is 25.0 Å². The average Bonchev–Trinajstić information content (AvgIpc) is 3.04. The summed E-state index contributed by atoms with van der Waals surface area (Å²) >= 11 is 0. The molecule has 0 radical (unpaired) electrons. The summed E-state index contributed by atoms with van der Waals surface area (Å²) in [5, 5.41) is 6.79. The molecule has 0 saturated heterocycles. The van der Waals surface area contributed by atoms with Gasteiger partial charge >= 0.3 is 0 Å². The third-order valence-electron chi connectivity index (χ3n) is 8.40. The van der Waals surface area contributed by atoms with Crippen LogP contribution in [0.5, 0.6) is 0 Å². The molecule has 3 rings (SSSR count). The highest BCUT2D eigenvalue weighted by Gasteiger charge is 2.20. The lowest BCUT2D eigenvalue weighted by atomic mass is 10.1. The standard InChI is InChI=1S/C13H22OSi.C12H22N2OSi.C12H21NOSi.6CH4/c1-12-8-5-6-9-13(12)10-7-11-15(3,4)14-2;1-15-16(2,3)10-4-9-14-12-7-5-11(13)6-8-12;1-14-15(2,3)11-7-10-13-12-8-5-4-6-9-12;;;;;;/h5-6,8-9H,7,10-11H2,1-4H3;5-8,14H,4,9-10,13H2,1-3H3;4-6,8-9,13H,7,10-11H2,1-3H3;6*1H4. The number of hydrogen-bond acceptors (Lipinski definition) is 6. The normalized spacial score (nSPS) is 10.2. The third kappa shape index (κ3) is 30.1. The van der Waals surface area contributed by atoms with Gasteiger partial charge in [0, 0.05) is 51.5 Å². The van der Waals surface area contributed by atoms with Gasteiger partial charge in [-0.3, -0.25) is 0 Å². The van der Waals surface area contributed by atoms with Crippen molar-refractivity contribution in [2.24, 2.45) is 0 Å². The molecule has 0 aliphatic rings. The number of anilines is 3. The van der Waals surface area contributed by atoms with E-state index in [4.69, 9.17) is 19.0 Å². The van der Waals surface area contributed by atoms with Crippen LogP contribution in [-0.4, -0.2) is 59.4 Å². The molecule has 0 heterocycles. The van der Waals surface area contributed by atoms with Crippen molar-refractivity contribution in [1.29, 1.82) is 0 Å². The van der Waals surface area contributed by atoms with Gasteiger partial charge in [-0.05, 0) is 138 Å². The molecule has 0 saturated carbocycles. The smallest absolute Gasteiger partial charge is 0.186 e. The van der Waals surface area contributed by atoms with E-state index in [1.54, 1.807) is 0 Å². The summed E-state index contributed by atoms with van der Waals surface area (Å²) in [4.78, 5) is 0. The zero-order chi connectivity index (χ0) is 34.5. The minimum absolute atomic E-state index is 0. The molecular weight excluding hydrogens is 691 g/mol. The largest absolute Gasteiger partial charge is 0.420 e. The first kappa shape index (κ1) is 61.6. The molecule has 0 fully saturated rings. The molecule has 52 heavy (non-hydrogen) atoms. The van der Waals surface area contributed by atoms with Gasteiger partial charge in [-0.2, -0.15) is 0 Å². The van der Waals surface area contributed by atoms with Crippen LogP contribution in [0.3, 0.4) is 0 Å². The van der Waals surface area contributed by atoms with Crippen molar-refractivity contribution < 1.29 is 13.3 Å². The number of benzene rings is 3.